The third-order valence-electron chi connectivity index (χ3n) is 4.79. The first-order chi connectivity index (χ1) is 15.3. The number of sulfonamides is 1. The maximum atomic E-state index is 12.7. The van der Waals surface area contributed by atoms with Gasteiger partial charge in [-0.1, -0.05) is 31.2 Å². The van der Waals surface area contributed by atoms with Crippen molar-refractivity contribution >= 4 is 38.1 Å². The lowest BCUT2D eigenvalue weighted by atomic mass is 10.1. The van der Waals surface area contributed by atoms with Crippen LogP contribution in [0.4, 0.5) is 16.8 Å². The van der Waals surface area contributed by atoms with Gasteiger partial charge in [-0.2, -0.15) is 0 Å². The Bertz CT molecular complexity index is 1310. The summed E-state index contributed by atoms with van der Waals surface area (Å²) in [5.41, 5.74) is 5.38. The van der Waals surface area contributed by atoms with E-state index in [1.807, 2.05) is 5.38 Å². The SMILES string of the molecule is CCc1ccc(-c2csc(Nc3ccc(S(=O)(=O)Nc4nc(C)cc(C)n4)cc3)n2)cc1. The predicted molar refractivity (Wildman–Crippen MR) is 129 cm³/mol. The lowest BCUT2D eigenvalue weighted by Gasteiger charge is -2.09. The highest BCUT2D eigenvalue weighted by Gasteiger charge is 2.16. The van der Waals surface area contributed by atoms with Crippen LogP contribution in [0.2, 0.25) is 0 Å². The van der Waals surface area contributed by atoms with E-state index in [1.165, 1.54) is 29.0 Å². The minimum absolute atomic E-state index is 0.0620. The Hall–Kier alpha value is -3.30. The fourth-order valence-corrected chi connectivity index (χ4v) is 4.85. The summed E-state index contributed by atoms with van der Waals surface area (Å²) in [6, 6.07) is 16.6. The molecule has 4 aromatic rings. The molecule has 0 fully saturated rings. The molecule has 0 aliphatic heterocycles. The van der Waals surface area contributed by atoms with Crippen LogP contribution >= 0.6 is 11.3 Å². The fourth-order valence-electron chi connectivity index (χ4n) is 3.17. The third-order valence-corrected chi connectivity index (χ3v) is 6.89. The maximum Gasteiger partial charge on any atom is 0.264 e. The van der Waals surface area contributed by atoms with Crippen LogP contribution in [0.5, 0.6) is 0 Å². The molecule has 2 N–H and O–H groups in total. The quantitative estimate of drug-likeness (QED) is 0.383. The average molecular weight is 466 g/mol. The van der Waals surface area contributed by atoms with Crippen LogP contribution in [0.1, 0.15) is 23.9 Å². The van der Waals surface area contributed by atoms with Crippen LogP contribution in [-0.2, 0) is 16.4 Å². The van der Waals surface area contributed by atoms with Gasteiger partial charge < -0.3 is 5.32 Å². The van der Waals surface area contributed by atoms with Gasteiger partial charge in [0.25, 0.3) is 10.0 Å². The first kappa shape index (κ1) is 21.9. The topological polar surface area (TPSA) is 96.9 Å². The van der Waals surface area contributed by atoms with Gasteiger partial charge in [0.15, 0.2) is 5.13 Å². The molecule has 4 rings (SSSR count). The summed E-state index contributed by atoms with van der Waals surface area (Å²) >= 11 is 1.49. The molecule has 164 valence electrons. The van der Waals surface area contributed by atoms with E-state index < -0.39 is 10.0 Å². The van der Waals surface area contributed by atoms with Crippen LogP contribution in [0.15, 0.2) is 64.9 Å². The van der Waals surface area contributed by atoms with Crippen molar-refractivity contribution in [2.45, 2.75) is 32.1 Å². The number of hydrogen-bond donors (Lipinski definition) is 2. The van der Waals surface area contributed by atoms with Gasteiger partial charge in [-0.15, -0.1) is 11.3 Å². The van der Waals surface area contributed by atoms with Crippen LogP contribution in [0.25, 0.3) is 11.3 Å². The molecule has 0 saturated heterocycles. The van der Waals surface area contributed by atoms with Gasteiger partial charge in [-0.25, -0.2) is 28.1 Å². The van der Waals surface area contributed by atoms with Crippen molar-refractivity contribution in [2.75, 3.05) is 10.0 Å². The van der Waals surface area contributed by atoms with Crippen LogP contribution in [0.3, 0.4) is 0 Å². The van der Waals surface area contributed by atoms with E-state index >= 15 is 0 Å². The largest absolute Gasteiger partial charge is 0.332 e. The second-order valence-corrected chi connectivity index (χ2v) is 9.86. The molecule has 7 nitrogen and oxygen atoms in total. The van der Waals surface area contributed by atoms with Crippen molar-refractivity contribution < 1.29 is 8.42 Å². The minimum atomic E-state index is -3.79. The van der Waals surface area contributed by atoms with E-state index in [4.69, 9.17) is 0 Å². The Balaban J connectivity index is 1.46. The minimum Gasteiger partial charge on any atom is -0.332 e. The summed E-state index contributed by atoms with van der Waals surface area (Å²) in [7, 11) is -3.79. The second-order valence-electron chi connectivity index (χ2n) is 7.32. The van der Waals surface area contributed by atoms with E-state index in [0.717, 1.165) is 28.5 Å². The van der Waals surface area contributed by atoms with Gasteiger partial charge in [0.05, 0.1) is 10.6 Å². The Morgan fingerprint density at radius 1 is 0.906 bits per heavy atom. The monoisotopic (exact) mass is 465 g/mol. The molecule has 9 heteroatoms. The van der Waals surface area contributed by atoms with Crippen molar-refractivity contribution in [2.24, 2.45) is 0 Å². The van der Waals surface area contributed by atoms with Crippen LogP contribution < -0.4 is 10.0 Å². The first-order valence-corrected chi connectivity index (χ1v) is 12.5. The van der Waals surface area contributed by atoms with Gasteiger partial charge in [0.1, 0.15) is 0 Å². The number of rotatable bonds is 7. The molecule has 0 amide bonds. The molecule has 0 unspecified atom stereocenters. The maximum absolute atomic E-state index is 12.7. The Morgan fingerprint density at radius 2 is 1.56 bits per heavy atom. The smallest absolute Gasteiger partial charge is 0.264 e. The molecule has 2 aromatic carbocycles. The summed E-state index contributed by atoms with van der Waals surface area (Å²) in [5, 5.41) is 5.96. The van der Waals surface area contributed by atoms with Crippen molar-refractivity contribution in [1.82, 2.24) is 15.0 Å². The van der Waals surface area contributed by atoms with Crippen LogP contribution in [0, 0.1) is 13.8 Å². The average Bonchev–Trinajstić information content (AvgIpc) is 3.21. The normalized spacial score (nSPS) is 11.3. The molecular formula is C23H23N5O2S2. The molecule has 0 saturated carbocycles. The van der Waals surface area contributed by atoms with E-state index in [1.54, 1.807) is 32.0 Å². The third kappa shape index (κ3) is 5.12. The number of hydrogen-bond acceptors (Lipinski definition) is 7. The number of aromatic nitrogens is 3. The molecule has 0 spiro atoms. The predicted octanol–water partition coefficient (Wildman–Crippen LogP) is 5.32. The first-order valence-electron chi connectivity index (χ1n) is 10.1. The Kier molecular flexibility index (Phi) is 6.20. The summed E-state index contributed by atoms with van der Waals surface area (Å²) in [6.07, 6.45) is 1.00. The van der Waals surface area contributed by atoms with Gasteiger partial charge in [0, 0.05) is 28.0 Å². The number of nitrogens with one attached hydrogen (secondary N) is 2. The van der Waals surface area contributed by atoms with Gasteiger partial charge in [0.2, 0.25) is 5.95 Å². The highest BCUT2D eigenvalue weighted by atomic mass is 32.2. The zero-order valence-corrected chi connectivity index (χ0v) is 19.6. The molecule has 0 aliphatic carbocycles. The molecule has 32 heavy (non-hydrogen) atoms. The number of nitrogens with zero attached hydrogens (tertiary/aromatic N) is 3. The van der Waals surface area contributed by atoms with Gasteiger partial charge in [-0.05, 0) is 56.2 Å². The van der Waals surface area contributed by atoms with E-state index in [0.29, 0.717) is 11.4 Å². The van der Waals surface area contributed by atoms with Crippen molar-refractivity contribution in [3.63, 3.8) is 0 Å². The van der Waals surface area contributed by atoms with E-state index in [-0.39, 0.29) is 10.8 Å². The molecule has 0 bridgehead atoms. The molecule has 2 aromatic heterocycles. The molecule has 0 radical (unpaired) electrons. The Morgan fingerprint density at radius 3 is 2.19 bits per heavy atom. The van der Waals surface area contributed by atoms with Crippen molar-refractivity contribution in [3.05, 3.63) is 76.9 Å². The molecule has 0 atom stereocenters. The fraction of sp³-hybridized carbons (Fsp3) is 0.174. The van der Waals surface area contributed by atoms with Gasteiger partial charge >= 0.3 is 0 Å². The lowest BCUT2D eigenvalue weighted by molar-refractivity contribution is 0.601. The summed E-state index contributed by atoms with van der Waals surface area (Å²) < 4.78 is 27.8. The zero-order valence-electron chi connectivity index (χ0n) is 18.0. The highest BCUT2D eigenvalue weighted by Crippen LogP contribution is 2.28. The highest BCUT2D eigenvalue weighted by molar-refractivity contribution is 7.92. The number of benzene rings is 2. The van der Waals surface area contributed by atoms with Gasteiger partial charge in [-0.3, -0.25) is 0 Å². The zero-order chi connectivity index (χ0) is 22.7. The summed E-state index contributed by atoms with van der Waals surface area (Å²) in [6.45, 7) is 5.71. The van der Waals surface area contributed by atoms with E-state index in [2.05, 4.69) is 56.2 Å². The second kappa shape index (κ2) is 9.05. The molecule has 0 aliphatic rings. The van der Waals surface area contributed by atoms with E-state index in [9.17, 15) is 8.42 Å². The standard InChI is InChI=1S/C23H23N5O2S2/c1-4-17-5-7-18(8-6-17)21-14-31-23(27-21)26-19-9-11-20(12-10-19)32(29,30)28-22-24-15(2)13-16(3)25-22/h5-14H,4H2,1-3H3,(H,26,27)(H,24,25,28). The van der Waals surface area contributed by atoms with Crippen LogP contribution in [-0.4, -0.2) is 23.4 Å². The summed E-state index contributed by atoms with van der Waals surface area (Å²) in [5.74, 6) is 0.0620. The number of anilines is 3. The summed E-state index contributed by atoms with van der Waals surface area (Å²) in [4.78, 5) is 13.0. The Labute approximate surface area is 191 Å². The molecular weight excluding hydrogens is 442 g/mol. The molecule has 2 heterocycles. The lowest BCUT2D eigenvalue weighted by Crippen LogP contribution is -2.15. The van der Waals surface area contributed by atoms with Crippen molar-refractivity contribution in [1.29, 1.82) is 0 Å². The van der Waals surface area contributed by atoms with Crippen molar-refractivity contribution in [3.8, 4) is 11.3 Å². The number of aryl methyl sites for hydroxylation is 3. The number of thiazole rings is 1.